The van der Waals surface area contributed by atoms with Crippen molar-refractivity contribution in [2.45, 2.75) is 13.0 Å². The van der Waals surface area contributed by atoms with E-state index in [4.69, 9.17) is 11.6 Å². The Bertz CT molecular complexity index is 689. The normalized spacial score (nSPS) is 11.6. The molecular weight excluding hydrogens is 307 g/mol. The smallest absolute Gasteiger partial charge is 0.253 e. The topological polar surface area (TPSA) is 58.2 Å². The number of nitrogens with one attached hydrogen (secondary N) is 2. The molecule has 0 bridgehead atoms. The maximum Gasteiger partial charge on any atom is 0.253 e. The molecule has 0 aliphatic heterocycles. The van der Waals surface area contributed by atoms with Crippen LogP contribution < -0.4 is 10.6 Å². The van der Waals surface area contributed by atoms with Crippen molar-refractivity contribution >= 4 is 29.1 Å². The van der Waals surface area contributed by atoms with Crippen LogP contribution in [0.1, 0.15) is 17.3 Å². The lowest BCUT2D eigenvalue weighted by atomic mass is 10.2. The number of rotatable bonds is 4. The largest absolute Gasteiger partial charge is 0.340 e. The minimum Gasteiger partial charge on any atom is -0.340 e. The van der Waals surface area contributed by atoms with E-state index in [-0.39, 0.29) is 0 Å². The first-order chi connectivity index (χ1) is 10.5. The Morgan fingerprint density at radius 1 is 1.09 bits per heavy atom. The van der Waals surface area contributed by atoms with Gasteiger partial charge in [0.2, 0.25) is 5.91 Å². The van der Waals surface area contributed by atoms with Crippen molar-refractivity contribution in [3.8, 4) is 0 Å². The summed E-state index contributed by atoms with van der Waals surface area (Å²) in [5.41, 5.74) is 0.746. The molecule has 0 heterocycles. The summed E-state index contributed by atoms with van der Waals surface area (Å²) in [6, 6.07) is 11.2. The number of amides is 2. The molecule has 6 heteroatoms. The number of halogens is 2. The summed E-state index contributed by atoms with van der Waals surface area (Å²) < 4.78 is 12.8. The molecule has 2 rings (SSSR count). The van der Waals surface area contributed by atoms with Gasteiger partial charge < -0.3 is 10.6 Å². The first-order valence-electron chi connectivity index (χ1n) is 6.59. The van der Waals surface area contributed by atoms with Crippen LogP contribution in [0.2, 0.25) is 5.02 Å². The fourth-order valence-corrected chi connectivity index (χ4v) is 1.99. The van der Waals surface area contributed by atoms with Crippen molar-refractivity contribution < 1.29 is 14.0 Å². The van der Waals surface area contributed by atoms with Gasteiger partial charge in [-0.2, -0.15) is 0 Å². The van der Waals surface area contributed by atoms with Crippen LogP contribution in [-0.2, 0) is 4.79 Å². The number of anilines is 1. The standard InChI is InChI=1S/C16H14ClFN2O2/c1-10(15(21)20-12-8-6-11(18)7-9-12)19-16(22)13-4-2-3-5-14(13)17/h2-10H,1H3,(H,19,22)(H,20,21)/t10-/m0/s1. The van der Waals surface area contributed by atoms with Gasteiger partial charge in [0.15, 0.2) is 0 Å². The van der Waals surface area contributed by atoms with Gasteiger partial charge in [0.25, 0.3) is 5.91 Å². The molecule has 0 radical (unpaired) electrons. The quantitative estimate of drug-likeness (QED) is 0.908. The molecule has 2 amide bonds. The zero-order valence-electron chi connectivity index (χ0n) is 11.8. The predicted octanol–water partition coefficient (Wildman–Crippen LogP) is 3.24. The van der Waals surface area contributed by atoms with Crippen LogP contribution in [0.4, 0.5) is 10.1 Å². The molecule has 2 aromatic rings. The summed E-state index contributed by atoms with van der Waals surface area (Å²) in [6.07, 6.45) is 0. The van der Waals surface area contributed by atoms with E-state index in [0.717, 1.165) is 0 Å². The van der Waals surface area contributed by atoms with Crippen LogP contribution in [0.5, 0.6) is 0 Å². The molecule has 4 nitrogen and oxygen atoms in total. The van der Waals surface area contributed by atoms with E-state index in [1.54, 1.807) is 31.2 Å². The summed E-state index contributed by atoms with van der Waals surface area (Å²) in [4.78, 5) is 24.0. The maximum atomic E-state index is 12.8. The number of benzene rings is 2. The molecule has 0 saturated heterocycles. The maximum absolute atomic E-state index is 12.8. The van der Waals surface area contributed by atoms with Crippen molar-refractivity contribution in [1.29, 1.82) is 0 Å². The van der Waals surface area contributed by atoms with Crippen LogP contribution in [0, 0.1) is 5.82 Å². The number of hydrogen-bond acceptors (Lipinski definition) is 2. The summed E-state index contributed by atoms with van der Waals surface area (Å²) in [5.74, 6) is -1.24. The highest BCUT2D eigenvalue weighted by Gasteiger charge is 2.18. The molecule has 114 valence electrons. The molecule has 2 aromatic carbocycles. The molecule has 0 aliphatic rings. The molecule has 0 unspecified atom stereocenters. The highest BCUT2D eigenvalue weighted by Crippen LogP contribution is 2.15. The minimum absolute atomic E-state index is 0.297. The van der Waals surface area contributed by atoms with Crippen molar-refractivity contribution in [3.05, 3.63) is 64.9 Å². The Labute approximate surface area is 132 Å². The minimum atomic E-state index is -0.770. The zero-order valence-corrected chi connectivity index (χ0v) is 12.5. The van der Waals surface area contributed by atoms with Crippen LogP contribution >= 0.6 is 11.6 Å². The third-order valence-corrected chi connectivity index (χ3v) is 3.30. The van der Waals surface area contributed by atoms with E-state index in [2.05, 4.69) is 10.6 Å². The fourth-order valence-electron chi connectivity index (χ4n) is 1.77. The third-order valence-electron chi connectivity index (χ3n) is 2.97. The van der Waals surface area contributed by atoms with Gasteiger partial charge in [0.05, 0.1) is 10.6 Å². The van der Waals surface area contributed by atoms with Crippen molar-refractivity contribution in [1.82, 2.24) is 5.32 Å². The molecule has 0 spiro atoms. The zero-order chi connectivity index (χ0) is 16.1. The number of carbonyl (C=O) groups excluding carboxylic acids is 2. The number of carbonyl (C=O) groups is 2. The van der Waals surface area contributed by atoms with Gasteiger partial charge in [-0.3, -0.25) is 9.59 Å². The number of hydrogen-bond donors (Lipinski definition) is 2. The van der Waals surface area contributed by atoms with Gasteiger partial charge >= 0.3 is 0 Å². The van der Waals surface area contributed by atoms with Crippen LogP contribution in [0.3, 0.4) is 0 Å². The molecule has 1 atom stereocenters. The van der Waals surface area contributed by atoms with Gasteiger partial charge in [-0.05, 0) is 43.3 Å². The fraction of sp³-hybridized carbons (Fsp3) is 0.125. The highest BCUT2D eigenvalue weighted by molar-refractivity contribution is 6.33. The lowest BCUT2D eigenvalue weighted by Crippen LogP contribution is -2.41. The van der Waals surface area contributed by atoms with Gasteiger partial charge in [-0.1, -0.05) is 23.7 Å². The summed E-state index contributed by atoms with van der Waals surface area (Å²) in [7, 11) is 0. The van der Waals surface area contributed by atoms with Crippen LogP contribution in [0.15, 0.2) is 48.5 Å². The van der Waals surface area contributed by atoms with Gasteiger partial charge in [-0.25, -0.2) is 4.39 Å². The molecule has 2 N–H and O–H groups in total. The van der Waals surface area contributed by atoms with Crippen molar-refractivity contribution in [3.63, 3.8) is 0 Å². The van der Waals surface area contributed by atoms with E-state index in [9.17, 15) is 14.0 Å². The molecular formula is C16H14ClFN2O2. The molecule has 0 saturated carbocycles. The van der Waals surface area contributed by atoms with Crippen LogP contribution in [0.25, 0.3) is 0 Å². The first-order valence-corrected chi connectivity index (χ1v) is 6.97. The average Bonchev–Trinajstić information content (AvgIpc) is 2.49. The lowest BCUT2D eigenvalue weighted by Gasteiger charge is -2.14. The van der Waals surface area contributed by atoms with Crippen LogP contribution in [-0.4, -0.2) is 17.9 Å². The van der Waals surface area contributed by atoms with E-state index in [1.807, 2.05) is 0 Å². The average molecular weight is 321 g/mol. The lowest BCUT2D eigenvalue weighted by molar-refractivity contribution is -0.117. The van der Waals surface area contributed by atoms with Gasteiger partial charge in [0.1, 0.15) is 11.9 Å². The van der Waals surface area contributed by atoms with Crippen molar-refractivity contribution in [2.24, 2.45) is 0 Å². The first kappa shape index (κ1) is 16.0. The second-order valence-corrected chi connectivity index (χ2v) is 5.08. The second kappa shape index (κ2) is 7.04. The third kappa shape index (κ3) is 4.05. The Morgan fingerprint density at radius 2 is 1.73 bits per heavy atom. The Hall–Kier alpha value is -2.40. The molecule has 22 heavy (non-hydrogen) atoms. The van der Waals surface area contributed by atoms with Gasteiger partial charge in [0, 0.05) is 5.69 Å². The van der Waals surface area contributed by atoms with E-state index >= 15 is 0 Å². The Balaban J connectivity index is 1.98. The summed E-state index contributed by atoms with van der Waals surface area (Å²) in [5, 5.41) is 5.46. The van der Waals surface area contributed by atoms with Crippen molar-refractivity contribution in [2.75, 3.05) is 5.32 Å². The predicted molar refractivity (Wildman–Crippen MR) is 83.4 cm³/mol. The van der Waals surface area contributed by atoms with E-state index in [0.29, 0.717) is 16.3 Å². The van der Waals surface area contributed by atoms with E-state index in [1.165, 1.54) is 24.3 Å². The molecule has 0 fully saturated rings. The summed E-state index contributed by atoms with van der Waals surface area (Å²) >= 11 is 5.93. The Morgan fingerprint density at radius 3 is 2.36 bits per heavy atom. The Kier molecular flexibility index (Phi) is 5.12. The molecule has 0 aliphatic carbocycles. The SMILES string of the molecule is C[C@H](NC(=O)c1ccccc1Cl)C(=O)Nc1ccc(F)cc1. The second-order valence-electron chi connectivity index (χ2n) is 4.67. The molecule has 0 aromatic heterocycles. The highest BCUT2D eigenvalue weighted by atomic mass is 35.5. The summed E-state index contributed by atoms with van der Waals surface area (Å²) in [6.45, 7) is 1.55. The van der Waals surface area contributed by atoms with E-state index < -0.39 is 23.7 Å². The van der Waals surface area contributed by atoms with Gasteiger partial charge in [-0.15, -0.1) is 0 Å². The monoisotopic (exact) mass is 320 g/mol.